The first-order chi connectivity index (χ1) is 6.91. The lowest BCUT2D eigenvalue weighted by Gasteiger charge is -1.54. The predicted molar refractivity (Wildman–Crippen MR) is 50.6 cm³/mol. The van der Waals surface area contributed by atoms with Crippen LogP contribution in [0.2, 0.25) is 0 Å². The van der Waals surface area contributed by atoms with Crippen molar-refractivity contribution in [2.45, 2.75) is 0 Å². The lowest BCUT2D eigenvalue weighted by atomic mass is 10.5. The van der Waals surface area contributed by atoms with Crippen molar-refractivity contribution in [2.75, 3.05) is 0 Å². The van der Waals surface area contributed by atoms with Crippen molar-refractivity contribution >= 4 is 6.29 Å². The molecule has 0 amide bonds. The van der Waals surface area contributed by atoms with E-state index in [0.29, 0.717) is 6.29 Å². The van der Waals surface area contributed by atoms with Crippen LogP contribution >= 0.6 is 0 Å². The monoisotopic (exact) mass is 175 g/mol. The molecule has 0 radical (unpaired) electrons. The molecular formula is C12HNO. The van der Waals surface area contributed by atoms with E-state index in [-0.39, 0.29) is 0 Å². The molecule has 0 aromatic rings. The zero-order valence-corrected chi connectivity index (χ0v) is 6.93. The molecule has 2 nitrogen and oxygen atoms in total. The van der Waals surface area contributed by atoms with E-state index in [9.17, 15) is 4.79 Å². The summed E-state index contributed by atoms with van der Waals surface area (Å²) >= 11 is 0. The molecule has 0 bridgehead atoms. The summed E-state index contributed by atoms with van der Waals surface area (Å²) in [6.07, 6.45) is 0.444. The summed E-state index contributed by atoms with van der Waals surface area (Å²) in [5.41, 5.74) is 0. The van der Waals surface area contributed by atoms with Gasteiger partial charge in [0, 0.05) is 29.6 Å². The Bertz CT molecular complexity index is 549. The normalized spacial score (nSPS) is 3.93. The summed E-state index contributed by atoms with van der Waals surface area (Å²) in [5.74, 6) is 22.8. The Balaban J connectivity index is 4.17. The molecular weight excluding hydrogens is 174 g/mol. The van der Waals surface area contributed by atoms with Crippen LogP contribution in [0.3, 0.4) is 0 Å². The molecule has 60 valence electrons. The molecule has 0 aliphatic carbocycles. The molecule has 0 aliphatic heterocycles. The number of carbonyl (C=O) groups is 1. The van der Waals surface area contributed by atoms with Crippen LogP contribution in [0.25, 0.3) is 0 Å². The fourth-order valence-electron chi connectivity index (χ4n) is 0.312. The fourth-order valence-corrected chi connectivity index (χ4v) is 0.312. The highest BCUT2D eigenvalue weighted by Gasteiger charge is 1.57. The van der Waals surface area contributed by atoms with E-state index in [0.717, 1.165) is 0 Å². The quantitative estimate of drug-likeness (QED) is 0.375. The molecule has 0 aliphatic rings. The minimum atomic E-state index is 0.444. The maximum atomic E-state index is 9.70. The number of carbonyl (C=O) groups excluding carboxylic acids is 1. The second-order valence-electron chi connectivity index (χ2n) is 1.50. The second-order valence-corrected chi connectivity index (χ2v) is 1.50. The van der Waals surface area contributed by atoms with E-state index in [1.165, 1.54) is 0 Å². The molecule has 0 aromatic heterocycles. The summed E-state index contributed by atoms with van der Waals surface area (Å²) in [5, 5.41) is 8.00. The summed E-state index contributed by atoms with van der Waals surface area (Å²) in [4.78, 5) is 9.70. The van der Waals surface area contributed by atoms with Crippen molar-refractivity contribution in [3.63, 3.8) is 0 Å². The molecule has 0 N–H and O–H groups in total. The van der Waals surface area contributed by atoms with Gasteiger partial charge in [0.2, 0.25) is 0 Å². The Morgan fingerprint density at radius 1 is 0.714 bits per heavy atom. The Hall–Kier alpha value is -3.04. The SMILES string of the molecule is N#CC#CC#CC#CC#CC#CC=O. The average molecular weight is 175 g/mol. The van der Waals surface area contributed by atoms with Crippen LogP contribution in [-0.2, 0) is 4.79 Å². The number of rotatable bonds is 0. The Labute approximate surface area is 82.3 Å². The lowest BCUT2D eigenvalue weighted by Crippen LogP contribution is -1.57. The van der Waals surface area contributed by atoms with Crippen LogP contribution < -0.4 is 0 Å². The summed E-state index contributed by atoms with van der Waals surface area (Å²) < 4.78 is 0. The van der Waals surface area contributed by atoms with Gasteiger partial charge in [0.25, 0.3) is 0 Å². The van der Waals surface area contributed by atoms with Crippen LogP contribution in [0.5, 0.6) is 0 Å². The van der Waals surface area contributed by atoms with Gasteiger partial charge >= 0.3 is 0 Å². The van der Waals surface area contributed by atoms with Gasteiger partial charge in [0.1, 0.15) is 0 Å². The van der Waals surface area contributed by atoms with Gasteiger partial charge in [-0.3, -0.25) is 4.79 Å². The van der Waals surface area contributed by atoms with Gasteiger partial charge in [-0.15, -0.1) is 0 Å². The van der Waals surface area contributed by atoms with Gasteiger partial charge in [-0.25, -0.2) is 0 Å². The zero-order valence-electron chi connectivity index (χ0n) is 6.93. The third-order valence-electron chi connectivity index (χ3n) is 0.687. The number of aldehydes is 1. The minimum Gasteiger partial charge on any atom is -0.289 e. The average Bonchev–Trinajstić information content (AvgIpc) is 2.21. The van der Waals surface area contributed by atoms with Crippen molar-refractivity contribution in [3.05, 3.63) is 0 Å². The molecule has 0 rings (SSSR count). The van der Waals surface area contributed by atoms with Crippen molar-refractivity contribution in [2.24, 2.45) is 0 Å². The lowest BCUT2D eigenvalue weighted by molar-refractivity contribution is -0.103. The van der Waals surface area contributed by atoms with Gasteiger partial charge in [0.15, 0.2) is 12.4 Å². The van der Waals surface area contributed by atoms with Gasteiger partial charge in [0.05, 0.1) is 0 Å². The highest BCUT2D eigenvalue weighted by Crippen LogP contribution is 1.55. The first-order valence-corrected chi connectivity index (χ1v) is 3.25. The largest absolute Gasteiger partial charge is 0.289 e. The second kappa shape index (κ2) is 9.96. The van der Waals surface area contributed by atoms with Crippen molar-refractivity contribution in [1.29, 1.82) is 5.26 Å². The van der Waals surface area contributed by atoms with Gasteiger partial charge in [-0.1, -0.05) is 0 Å². The van der Waals surface area contributed by atoms with E-state index in [4.69, 9.17) is 5.26 Å². The summed E-state index contributed by atoms with van der Waals surface area (Å²) in [6, 6.07) is 1.60. The Kier molecular flexibility index (Phi) is 7.80. The first kappa shape index (κ1) is 11.0. The maximum absolute atomic E-state index is 9.70. The van der Waals surface area contributed by atoms with Gasteiger partial charge in [-0.05, 0) is 29.6 Å². The van der Waals surface area contributed by atoms with Crippen molar-refractivity contribution in [3.8, 4) is 65.3 Å². The molecule has 0 unspecified atom stereocenters. The fraction of sp³-hybridized carbons (Fsp3) is 0. The van der Waals surface area contributed by atoms with E-state index in [1.807, 2.05) is 0 Å². The number of hydrogen-bond donors (Lipinski definition) is 0. The standard InChI is InChI=1S/C12HNO/c13-11-9-7-5-3-1-2-4-6-8-10-12-14/h12H. The van der Waals surface area contributed by atoms with Crippen LogP contribution in [-0.4, -0.2) is 6.29 Å². The van der Waals surface area contributed by atoms with Crippen LogP contribution in [0, 0.1) is 70.5 Å². The summed E-state index contributed by atoms with van der Waals surface area (Å²) in [6.45, 7) is 0. The summed E-state index contributed by atoms with van der Waals surface area (Å²) in [7, 11) is 0. The highest BCUT2D eigenvalue weighted by molar-refractivity contribution is 5.73. The third-order valence-corrected chi connectivity index (χ3v) is 0.687. The van der Waals surface area contributed by atoms with E-state index < -0.39 is 0 Å². The molecule has 14 heavy (non-hydrogen) atoms. The van der Waals surface area contributed by atoms with E-state index >= 15 is 0 Å². The van der Waals surface area contributed by atoms with Crippen molar-refractivity contribution < 1.29 is 4.79 Å². The molecule has 0 aromatic carbocycles. The molecule has 0 atom stereocenters. The maximum Gasteiger partial charge on any atom is 0.193 e. The molecule has 2 heteroatoms. The van der Waals surface area contributed by atoms with E-state index in [1.54, 1.807) is 6.07 Å². The number of nitriles is 1. The first-order valence-electron chi connectivity index (χ1n) is 3.25. The molecule has 0 fully saturated rings. The van der Waals surface area contributed by atoms with Gasteiger partial charge < -0.3 is 0 Å². The topological polar surface area (TPSA) is 40.9 Å². The Morgan fingerprint density at radius 3 is 1.57 bits per heavy atom. The molecule has 0 heterocycles. The van der Waals surface area contributed by atoms with Crippen LogP contribution in [0.4, 0.5) is 0 Å². The third kappa shape index (κ3) is 8.96. The minimum absolute atomic E-state index is 0.444. The smallest absolute Gasteiger partial charge is 0.193 e. The highest BCUT2D eigenvalue weighted by atomic mass is 16.1. The number of nitrogens with zero attached hydrogens (tertiary/aromatic N) is 1. The molecule has 0 saturated heterocycles. The van der Waals surface area contributed by atoms with Crippen LogP contribution in [0.1, 0.15) is 0 Å². The molecule has 0 spiro atoms. The Morgan fingerprint density at radius 2 is 1.14 bits per heavy atom. The van der Waals surface area contributed by atoms with Crippen molar-refractivity contribution in [1.82, 2.24) is 0 Å². The predicted octanol–water partition coefficient (Wildman–Crippen LogP) is -0.274. The zero-order chi connectivity index (χ0) is 10.5. The van der Waals surface area contributed by atoms with Crippen LogP contribution in [0.15, 0.2) is 0 Å². The number of hydrogen-bond acceptors (Lipinski definition) is 2. The van der Waals surface area contributed by atoms with E-state index in [2.05, 4.69) is 59.2 Å². The van der Waals surface area contributed by atoms with Gasteiger partial charge in [-0.2, -0.15) is 5.26 Å². The molecule has 0 saturated carbocycles.